The van der Waals surface area contributed by atoms with Crippen molar-refractivity contribution in [2.75, 3.05) is 0 Å². The molecule has 1 amide bonds. The first kappa shape index (κ1) is 14.2. The highest BCUT2D eigenvalue weighted by Gasteiger charge is 2.22. The molecule has 0 aliphatic rings. The summed E-state index contributed by atoms with van der Waals surface area (Å²) in [4.78, 5) is 22.9. The van der Waals surface area contributed by atoms with E-state index < -0.39 is 12.0 Å². The van der Waals surface area contributed by atoms with Gasteiger partial charge in [0.05, 0.1) is 0 Å². The molecule has 0 saturated heterocycles. The molecular weight excluding hydrogens is 230 g/mol. The average Bonchev–Trinajstić information content (AvgIpc) is 2.24. The van der Waals surface area contributed by atoms with Gasteiger partial charge in [-0.1, -0.05) is 43.7 Å². The molecule has 0 fully saturated rings. The second-order valence-corrected chi connectivity index (χ2v) is 4.85. The Morgan fingerprint density at radius 3 is 2.50 bits per heavy atom. The first-order valence-electron chi connectivity index (χ1n) is 5.99. The van der Waals surface area contributed by atoms with Gasteiger partial charge in [0.15, 0.2) is 6.04 Å². The van der Waals surface area contributed by atoms with Crippen LogP contribution in [-0.4, -0.2) is 17.0 Å². The van der Waals surface area contributed by atoms with Crippen molar-refractivity contribution < 1.29 is 14.7 Å². The zero-order valence-corrected chi connectivity index (χ0v) is 10.9. The number of amides is 1. The van der Waals surface area contributed by atoms with E-state index in [0.29, 0.717) is 12.0 Å². The number of rotatable bonds is 5. The Morgan fingerprint density at radius 1 is 1.33 bits per heavy atom. The van der Waals surface area contributed by atoms with Crippen molar-refractivity contribution in [3.05, 3.63) is 35.4 Å². The highest BCUT2D eigenvalue weighted by molar-refractivity contribution is 5.84. The zero-order chi connectivity index (χ0) is 13.7. The molecule has 0 radical (unpaired) electrons. The summed E-state index contributed by atoms with van der Waals surface area (Å²) in [6.07, 6.45) is 0.329. The van der Waals surface area contributed by atoms with Gasteiger partial charge in [0.2, 0.25) is 5.91 Å². The van der Waals surface area contributed by atoms with Crippen LogP contribution in [0.2, 0.25) is 0 Å². The maximum atomic E-state index is 11.7. The number of carboxylic acid groups (broad SMARTS) is 1. The molecule has 2 N–H and O–H groups in total. The molecule has 1 aromatic rings. The van der Waals surface area contributed by atoms with E-state index in [2.05, 4.69) is 5.32 Å². The summed E-state index contributed by atoms with van der Waals surface area (Å²) in [5, 5.41) is 11.7. The standard InChI is InChI=1S/C14H19NO3/c1-9(2)7-12(16)15-13(14(17)18)11-6-4-5-10(3)8-11/h4-6,8-9,13H,7H2,1-3H3,(H,15,16)(H,17,18). The molecule has 0 aliphatic carbocycles. The zero-order valence-electron chi connectivity index (χ0n) is 10.9. The van der Waals surface area contributed by atoms with Crippen LogP contribution >= 0.6 is 0 Å². The van der Waals surface area contributed by atoms with Crippen LogP contribution in [0.4, 0.5) is 0 Å². The Kier molecular flexibility index (Phi) is 4.89. The van der Waals surface area contributed by atoms with Crippen LogP contribution in [0.3, 0.4) is 0 Å². The van der Waals surface area contributed by atoms with Crippen molar-refractivity contribution in [2.45, 2.75) is 33.2 Å². The Hall–Kier alpha value is -1.84. The van der Waals surface area contributed by atoms with Crippen molar-refractivity contribution in [3.8, 4) is 0 Å². The van der Waals surface area contributed by atoms with E-state index in [1.54, 1.807) is 18.2 Å². The van der Waals surface area contributed by atoms with E-state index in [0.717, 1.165) is 5.56 Å². The lowest BCUT2D eigenvalue weighted by Crippen LogP contribution is -2.34. The summed E-state index contributed by atoms with van der Waals surface area (Å²) < 4.78 is 0. The summed E-state index contributed by atoms with van der Waals surface area (Å²) in [6, 6.07) is 6.18. The number of carbonyl (C=O) groups is 2. The predicted molar refractivity (Wildman–Crippen MR) is 69.2 cm³/mol. The van der Waals surface area contributed by atoms with E-state index in [1.807, 2.05) is 26.8 Å². The smallest absolute Gasteiger partial charge is 0.330 e. The third-order valence-electron chi connectivity index (χ3n) is 2.52. The van der Waals surface area contributed by atoms with Crippen molar-refractivity contribution in [2.24, 2.45) is 5.92 Å². The maximum Gasteiger partial charge on any atom is 0.330 e. The molecule has 0 aromatic heterocycles. The number of carbonyl (C=O) groups excluding carboxylic acids is 1. The van der Waals surface area contributed by atoms with Crippen molar-refractivity contribution in [1.82, 2.24) is 5.32 Å². The van der Waals surface area contributed by atoms with E-state index >= 15 is 0 Å². The summed E-state index contributed by atoms with van der Waals surface area (Å²) in [6.45, 7) is 5.72. The largest absolute Gasteiger partial charge is 0.479 e. The Bertz CT molecular complexity index is 440. The summed E-state index contributed by atoms with van der Waals surface area (Å²) in [5.74, 6) is -1.08. The van der Waals surface area contributed by atoms with Gasteiger partial charge < -0.3 is 10.4 Å². The molecule has 1 aromatic carbocycles. The van der Waals surface area contributed by atoms with Crippen molar-refractivity contribution >= 4 is 11.9 Å². The fraction of sp³-hybridized carbons (Fsp3) is 0.429. The minimum absolute atomic E-state index is 0.206. The molecule has 0 bridgehead atoms. The summed E-state index contributed by atoms with van der Waals surface area (Å²) in [7, 11) is 0. The van der Waals surface area contributed by atoms with Crippen molar-refractivity contribution in [3.63, 3.8) is 0 Å². The van der Waals surface area contributed by atoms with Gasteiger partial charge in [-0.05, 0) is 18.4 Å². The molecule has 1 atom stereocenters. The molecule has 4 nitrogen and oxygen atoms in total. The topological polar surface area (TPSA) is 66.4 Å². The highest BCUT2D eigenvalue weighted by Crippen LogP contribution is 2.15. The number of nitrogens with one attached hydrogen (secondary N) is 1. The average molecular weight is 249 g/mol. The first-order chi connectivity index (χ1) is 8.40. The van der Waals surface area contributed by atoms with E-state index in [-0.39, 0.29) is 11.8 Å². The lowest BCUT2D eigenvalue weighted by molar-refractivity contribution is -0.142. The van der Waals surface area contributed by atoms with Crippen LogP contribution in [0.25, 0.3) is 0 Å². The van der Waals surface area contributed by atoms with Gasteiger partial charge in [-0.3, -0.25) is 4.79 Å². The molecule has 1 rings (SSSR count). The molecule has 98 valence electrons. The van der Waals surface area contributed by atoms with Gasteiger partial charge in [-0.15, -0.1) is 0 Å². The quantitative estimate of drug-likeness (QED) is 0.841. The third-order valence-corrected chi connectivity index (χ3v) is 2.52. The fourth-order valence-corrected chi connectivity index (χ4v) is 1.73. The molecule has 0 saturated carbocycles. The Morgan fingerprint density at radius 2 is 2.00 bits per heavy atom. The van der Waals surface area contributed by atoms with Crippen LogP contribution in [0.5, 0.6) is 0 Å². The Balaban J connectivity index is 2.84. The normalized spacial score (nSPS) is 12.2. The lowest BCUT2D eigenvalue weighted by atomic mass is 10.0. The second-order valence-electron chi connectivity index (χ2n) is 4.85. The van der Waals surface area contributed by atoms with Gasteiger partial charge in [0.25, 0.3) is 0 Å². The summed E-state index contributed by atoms with van der Waals surface area (Å²) >= 11 is 0. The number of carboxylic acids is 1. The van der Waals surface area contributed by atoms with Crippen LogP contribution in [0, 0.1) is 12.8 Å². The van der Waals surface area contributed by atoms with Crippen molar-refractivity contribution in [1.29, 1.82) is 0 Å². The minimum Gasteiger partial charge on any atom is -0.479 e. The molecule has 4 heteroatoms. The van der Waals surface area contributed by atoms with Gasteiger partial charge in [0, 0.05) is 6.42 Å². The van der Waals surface area contributed by atoms with E-state index in [1.165, 1.54) is 0 Å². The van der Waals surface area contributed by atoms with Crippen LogP contribution < -0.4 is 5.32 Å². The fourth-order valence-electron chi connectivity index (χ4n) is 1.73. The molecule has 1 unspecified atom stereocenters. The minimum atomic E-state index is -1.04. The molecule has 0 heterocycles. The number of hydrogen-bond acceptors (Lipinski definition) is 2. The SMILES string of the molecule is Cc1cccc(C(NC(=O)CC(C)C)C(=O)O)c1. The number of aryl methyl sites for hydroxylation is 1. The second kappa shape index (κ2) is 6.19. The third kappa shape index (κ3) is 4.20. The van der Waals surface area contributed by atoms with Crippen LogP contribution in [0.15, 0.2) is 24.3 Å². The molecule has 0 spiro atoms. The van der Waals surface area contributed by atoms with Gasteiger partial charge >= 0.3 is 5.97 Å². The van der Waals surface area contributed by atoms with Gasteiger partial charge in [-0.2, -0.15) is 0 Å². The first-order valence-corrected chi connectivity index (χ1v) is 5.99. The highest BCUT2D eigenvalue weighted by atomic mass is 16.4. The molecule has 0 aliphatic heterocycles. The van der Waals surface area contributed by atoms with Gasteiger partial charge in [0.1, 0.15) is 0 Å². The van der Waals surface area contributed by atoms with Gasteiger partial charge in [-0.25, -0.2) is 4.79 Å². The lowest BCUT2D eigenvalue weighted by Gasteiger charge is -2.16. The monoisotopic (exact) mass is 249 g/mol. The molecular formula is C14H19NO3. The number of hydrogen-bond donors (Lipinski definition) is 2. The number of benzene rings is 1. The van der Waals surface area contributed by atoms with E-state index in [4.69, 9.17) is 0 Å². The predicted octanol–water partition coefficient (Wildman–Crippen LogP) is 2.28. The maximum absolute atomic E-state index is 11.7. The summed E-state index contributed by atoms with van der Waals surface area (Å²) in [5.41, 5.74) is 1.57. The van der Waals surface area contributed by atoms with Crippen LogP contribution in [0.1, 0.15) is 37.4 Å². The number of aliphatic carboxylic acids is 1. The Labute approximate surface area is 107 Å². The van der Waals surface area contributed by atoms with Crippen LogP contribution in [-0.2, 0) is 9.59 Å². The molecule has 18 heavy (non-hydrogen) atoms. The van der Waals surface area contributed by atoms with E-state index in [9.17, 15) is 14.7 Å².